The summed E-state index contributed by atoms with van der Waals surface area (Å²) in [5.41, 5.74) is 4.91. The normalized spacial score (nSPS) is 20.3. The lowest BCUT2D eigenvalue weighted by molar-refractivity contribution is -0.335. The number of halogens is 1. The van der Waals surface area contributed by atoms with Crippen molar-refractivity contribution in [2.75, 3.05) is 20.3 Å². The molecule has 0 saturated carbocycles. The van der Waals surface area contributed by atoms with Gasteiger partial charge in [-0.2, -0.15) is 0 Å². The van der Waals surface area contributed by atoms with Gasteiger partial charge >= 0.3 is 0 Å². The summed E-state index contributed by atoms with van der Waals surface area (Å²) in [5, 5.41) is 11.2. The lowest BCUT2D eigenvalue weighted by atomic mass is 9.89. The largest absolute Gasteiger partial charge is 0.494 e. The topological polar surface area (TPSA) is 66.4 Å². The molecule has 0 amide bonds. The van der Waals surface area contributed by atoms with Gasteiger partial charge in [0.25, 0.3) is 0 Å². The number of aliphatic hydroxyl groups is 1. The Bertz CT molecular complexity index is 1420. The summed E-state index contributed by atoms with van der Waals surface area (Å²) in [7, 11) is 1.62. The summed E-state index contributed by atoms with van der Waals surface area (Å²) in [4.78, 5) is 0. The fourth-order valence-electron chi connectivity index (χ4n) is 5.51. The number of aliphatic hydroxyl groups excluding tert-OH is 1. The van der Waals surface area contributed by atoms with Crippen LogP contribution in [0.15, 0.2) is 103 Å². The molecule has 4 aromatic rings. The van der Waals surface area contributed by atoms with Crippen LogP contribution in [0.3, 0.4) is 0 Å². The molecule has 2 unspecified atom stereocenters. The zero-order chi connectivity index (χ0) is 34.1. The molecule has 47 heavy (non-hydrogen) atoms. The minimum Gasteiger partial charge on any atom is -0.494 e. The standard InChI is InChI=1S/C36H39ClO6.2C2H6/c1-3-40-31-17-14-26(15-18-31)20-29-21-30(16-19-32(29)37)36(39-2)22-33(41-24-27-10-6-4-7-11-27)35(34(23-38)43-36)42-25-28-12-8-5-9-13-28;2*1-2/h4-19,21,33-35,38H,3,20,22-25H2,1-2H3;2*1-2H3/t33?,34?,35-,36+;;/m0../s1. The van der Waals surface area contributed by atoms with Crippen LogP contribution in [0.2, 0.25) is 5.02 Å². The van der Waals surface area contributed by atoms with E-state index in [1.54, 1.807) is 7.11 Å². The van der Waals surface area contributed by atoms with Crippen molar-refractivity contribution in [1.29, 1.82) is 0 Å². The molecule has 1 aliphatic heterocycles. The SMILES string of the molecule is CC.CC.CCOc1ccc(Cc2cc([C@@]3(OC)CC(OCc4ccccc4)[C@H](OCc4ccccc4)C(CO)O3)ccc2Cl)cc1. The smallest absolute Gasteiger partial charge is 0.197 e. The van der Waals surface area contributed by atoms with Crippen LogP contribution in [-0.4, -0.2) is 43.7 Å². The van der Waals surface area contributed by atoms with E-state index in [0.29, 0.717) is 37.7 Å². The molecule has 6 nitrogen and oxygen atoms in total. The quantitative estimate of drug-likeness (QED) is 0.154. The highest BCUT2D eigenvalue weighted by molar-refractivity contribution is 6.31. The third-order valence-electron chi connectivity index (χ3n) is 7.76. The first kappa shape index (κ1) is 38.2. The lowest BCUT2D eigenvalue weighted by Crippen LogP contribution is -2.56. The average Bonchev–Trinajstić information content (AvgIpc) is 3.14. The predicted molar refractivity (Wildman–Crippen MR) is 190 cm³/mol. The van der Waals surface area contributed by atoms with Gasteiger partial charge in [-0.1, -0.05) is 118 Å². The Morgan fingerprint density at radius 1 is 0.787 bits per heavy atom. The summed E-state index contributed by atoms with van der Waals surface area (Å²) < 4.78 is 31.3. The fourth-order valence-corrected chi connectivity index (χ4v) is 5.69. The fraction of sp³-hybridized carbons (Fsp3) is 0.400. The first-order valence-electron chi connectivity index (χ1n) is 16.7. The maximum absolute atomic E-state index is 10.5. The van der Waals surface area contributed by atoms with Crippen LogP contribution < -0.4 is 4.74 Å². The van der Waals surface area contributed by atoms with Crippen molar-refractivity contribution in [3.63, 3.8) is 0 Å². The Labute approximate surface area is 286 Å². The molecule has 1 aliphatic rings. The highest BCUT2D eigenvalue weighted by Gasteiger charge is 2.50. The molecule has 4 aromatic carbocycles. The molecule has 0 aromatic heterocycles. The Hall–Kier alpha value is -3.23. The van der Waals surface area contributed by atoms with Crippen molar-refractivity contribution in [1.82, 2.24) is 0 Å². The Morgan fingerprint density at radius 3 is 1.94 bits per heavy atom. The van der Waals surface area contributed by atoms with Crippen LogP contribution in [-0.2, 0) is 44.4 Å². The Balaban J connectivity index is 0.00000144. The highest BCUT2D eigenvalue weighted by Crippen LogP contribution is 2.42. The van der Waals surface area contributed by atoms with Gasteiger partial charge < -0.3 is 28.8 Å². The van der Waals surface area contributed by atoms with Gasteiger partial charge in [-0.15, -0.1) is 0 Å². The van der Waals surface area contributed by atoms with E-state index in [-0.39, 0.29) is 6.61 Å². The van der Waals surface area contributed by atoms with Crippen molar-refractivity contribution in [2.24, 2.45) is 0 Å². The van der Waals surface area contributed by atoms with Gasteiger partial charge in [0.05, 0.1) is 32.5 Å². The molecular formula is C40H51ClO6. The van der Waals surface area contributed by atoms with Crippen LogP contribution in [0, 0.1) is 0 Å². The molecule has 0 radical (unpaired) electrons. The summed E-state index contributed by atoms with van der Waals surface area (Å²) in [6.07, 6.45) is -0.661. The van der Waals surface area contributed by atoms with Gasteiger partial charge in [-0.3, -0.25) is 0 Å². The maximum Gasteiger partial charge on any atom is 0.197 e. The third kappa shape index (κ3) is 10.6. The lowest BCUT2D eigenvalue weighted by Gasteiger charge is -2.47. The van der Waals surface area contributed by atoms with Gasteiger partial charge in [0.2, 0.25) is 0 Å². The zero-order valence-corrected chi connectivity index (χ0v) is 29.4. The highest BCUT2D eigenvalue weighted by atomic mass is 35.5. The van der Waals surface area contributed by atoms with Crippen LogP contribution in [0.4, 0.5) is 0 Å². The van der Waals surface area contributed by atoms with Crippen molar-refractivity contribution in [2.45, 2.75) is 84.8 Å². The summed E-state index contributed by atoms with van der Waals surface area (Å²) in [5.74, 6) is -0.347. The summed E-state index contributed by atoms with van der Waals surface area (Å²) >= 11 is 6.69. The molecule has 1 fully saturated rings. The van der Waals surface area contributed by atoms with Crippen LogP contribution in [0.25, 0.3) is 0 Å². The van der Waals surface area contributed by atoms with E-state index in [4.69, 9.17) is 35.3 Å². The van der Waals surface area contributed by atoms with E-state index < -0.39 is 24.1 Å². The second kappa shape index (κ2) is 20.2. The number of hydrogen-bond donors (Lipinski definition) is 1. The maximum atomic E-state index is 10.5. The summed E-state index contributed by atoms with van der Waals surface area (Å²) in [6, 6.07) is 33.8. The average molecular weight is 663 g/mol. The number of benzene rings is 4. The first-order valence-corrected chi connectivity index (χ1v) is 17.1. The molecule has 0 bridgehead atoms. The van der Waals surface area contributed by atoms with Gasteiger partial charge in [-0.05, 0) is 59.9 Å². The van der Waals surface area contributed by atoms with Gasteiger partial charge in [-0.25, -0.2) is 0 Å². The van der Waals surface area contributed by atoms with Crippen molar-refractivity contribution < 1.29 is 28.8 Å². The van der Waals surface area contributed by atoms with Crippen molar-refractivity contribution >= 4 is 11.6 Å². The Kier molecular flexibility index (Phi) is 16.4. The van der Waals surface area contributed by atoms with E-state index >= 15 is 0 Å². The molecule has 0 aliphatic carbocycles. The number of hydrogen-bond acceptors (Lipinski definition) is 6. The second-order valence-corrected chi connectivity index (χ2v) is 11.1. The van der Waals surface area contributed by atoms with E-state index in [0.717, 1.165) is 33.6 Å². The van der Waals surface area contributed by atoms with E-state index in [1.165, 1.54) is 0 Å². The molecule has 7 heteroatoms. The molecule has 1 N–H and O–H groups in total. The Morgan fingerprint density at radius 2 is 1.38 bits per heavy atom. The molecule has 1 heterocycles. The van der Waals surface area contributed by atoms with Crippen LogP contribution in [0.1, 0.15) is 68.9 Å². The van der Waals surface area contributed by atoms with Crippen LogP contribution in [0.5, 0.6) is 5.75 Å². The van der Waals surface area contributed by atoms with E-state index in [1.807, 2.05) is 138 Å². The van der Waals surface area contributed by atoms with Gasteiger partial charge in [0.1, 0.15) is 18.0 Å². The predicted octanol–water partition coefficient (Wildman–Crippen LogP) is 9.13. The minimum absolute atomic E-state index is 0.262. The molecule has 0 spiro atoms. The first-order chi connectivity index (χ1) is 23.0. The van der Waals surface area contributed by atoms with Crippen molar-refractivity contribution in [3.05, 3.63) is 136 Å². The molecular weight excluding hydrogens is 612 g/mol. The van der Waals surface area contributed by atoms with E-state index in [2.05, 4.69) is 0 Å². The van der Waals surface area contributed by atoms with Crippen LogP contribution >= 0.6 is 11.6 Å². The number of methoxy groups -OCH3 is 1. The minimum atomic E-state index is -1.18. The second-order valence-electron chi connectivity index (χ2n) is 10.7. The van der Waals surface area contributed by atoms with E-state index in [9.17, 15) is 5.11 Å². The molecule has 5 rings (SSSR count). The third-order valence-corrected chi connectivity index (χ3v) is 8.13. The molecule has 4 atom stereocenters. The zero-order valence-electron chi connectivity index (χ0n) is 28.7. The van der Waals surface area contributed by atoms with Gasteiger partial charge in [0, 0.05) is 24.1 Å². The van der Waals surface area contributed by atoms with Gasteiger partial charge in [0.15, 0.2) is 5.79 Å². The monoisotopic (exact) mass is 662 g/mol. The number of ether oxygens (including phenoxy) is 5. The number of rotatable bonds is 13. The van der Waals surface area contributed by atoms with Crippen molar-refractivity contribution in [3.8, 4) is 5.75 Å². The molecule has 254 valence electrons. The molecule has 1 saturated heterocycles. The summed E-state index contributed by atoms with van der Waals surface area (Å²) in [6.45, 7) is 11.1.